The quantitative estimate of drug-likeness (QED) is 0.0210. The minimum Gasteiger partial charge on any atom is -0.394 e. The van der Waals surface area contributed by atoms with Crippen molar-refractivity contribution in [1.29, 1.82) is 0 Å². The first-order valence-corrected chi connectivity index (χ1v) is 21.4. The predicted octanol–water partition coefficient (Wildman–Crippen LogP) is 9.71. The molecule has 0 bridgehead atoms. The molecular formula is C50H62N10+2. The van der Waals surface area contributed by atoms with Gasteiger partial charge in [-0.25, -0.2) is 9.98 Å². The molecule has 10 nitrogen and oxygen atoms in total. The van der Waals surface area contributed by atoms with Gasteiger partial charge in [-0.3, -0.25) is 5.32 Å². The number of benzene rings is 5. The number of quaternary nitrogens is 1. The van der Waals surface area contributed by atoms with Crippen LogP contribution in [0.1, 0.15) is 68.6 Å². The number of nitrogens with one attached hydrogen (secondary N) is 4. The lowest BCUT2D eigenvalue weighted by atomic mass is 10.0. The number of unbranched alkanes of at least 4 members (excludes halogenated alkanes) is 5. The number of aromatic nitrogens is 2. The third-order valence-electron chi connectivity index (χ3n) is 11.6. The maximum atomic E-state index is 6.58. The van der Waals surface area contributed by atoms with Crippen LogP contribution in [-0.2, 0) is 0 Å². The average Bonchev–Trinajstić information content (AvgIpc) is 3.23. The molecule has 10 heteroatoms. The standard InChI is InChI=1S/C50H60N10/c1-32-25-36(57-44-26-33(2)41(53-5)29-45(44)58-40-19-13-11-17-37(40)51)21-22-39(32)55-23-15-9-7-8-10-16-24-56-43-31-50-47(28-35(43)4)59-46-27-34(3)42(54-6)30-49(46)60(50)48-20-14-12-18-38(48)52/h11-14,17-20,22,25-31,53,55H,7-10,15-16,21,23-24,52H2,1-6H3,(H4,51,54,56,58,59)/p+2. The summed E-state index contributed by atoms with van der Waals surface area (Å²) in [5.41, 5.74) is 32.5. The van der Waals surface area contributed by atoms with E-state index < -0.39 is 0 Å². The fraction of sp³-hybridized carbons (Fsp3) is 0.300. The number of hydrogen-bond acceptors (Lipinski definition) is 8. The van der Waals surface area contributed by atoms with Gasteiger partial charge >= 0.3 is 0 Å². The van der Waals surface area contributed by atoms with Crippen molar-refractivity contribution in [2.45, 2.75) is 72.6 Å². The minimum atomic E-state index is 0.730. The van der Waals surface area contributed by atoms with Crippen LogP contribution >= 0.6 is 0 Å². The molecule has 1 heterocycles. The zero-order valence-electron chi connectivity index (χ0n) is 36.2. The zero-order valence-corrected chi connectivity index (χ0v) is 36.2. The molecule has 0 atom stereocenters. The van der Waals surface area contributed by atoms with Gasteiger partial charge in [0.25, 0.3) is 0 Å². The third-order valence-corrected chi connectivity index (χ3v) is 11.6. The molecule has 0 unspecified atom stereocenters. The largest absolute Gasteiger partial charge is 0.394 e. The summed E-state index contributed by atoms with van der Waals surface area (Å²) in [6.45, 7) is 10.5. The molecule has 310 valence electrons. The van der Waals surface area contributed by atoms with Gasteiger partial charge < -0.3 is 32.7 Å². The number of aliphatic imine (C=N–C) groups is 1. The molecule has 0 fully saturated rings. The first-order chi connectivity index (χ1) is 29.1. The van der Waals surface area contributed by atoms with E-state index in [1.807, 2.05) is 56.6 Å². The zero-order chi connectivity index (χ0) is 42.2. The molecule has 0 radical (unpaired) electrons. The van der Waals surface area contributed by atoms with Crippen LogP contribution in [0.5, 0.6) is 0 Å². The molecular weight excluding hydrogens is 741 g/mol. The molecule has 0 aliphatic heterocycles. The Hall–Kier alpha value is -6.39. The maximum absolute atomic E-state index is 6.58. The molecule has 0 saturated carbocycles. The molecule has 1 aliphatic carbocycles. The Morgan fingerprint density at radius 3 is 1.90 bits per heavy atom. The van der Waals surface area contributed by atoms with Crippen molar-refractivity contribution in [3.63, 3.8) is 0 Å². The van der Waals surface area contributed by atoms with Crippen LogP contribution in [0.15, 0.2) is 113 Å². The summed E-state index contributed by atoms with van der Waals surface area (Å²) in [7, 11) is 3.91. The van der Waals surface area contributed by atoms with E-state index in [0.717, 1.165) is 122 Å². The van der Waals surface area contributed by atoms with Crippen LogP contribution in [0.4, 0.5) is 45.5 Å². The number of rotatable bonds is 17. The number of para-hydroxylation sites is 4. The maximum Gasteiger partial charge on any atom is 0.239 e. The highest BCUT2D eigenvalue weighted by Crippen LogP contribution is 2.32. The average molecular weight is 803 g/mol. The smallest absolute Gasteiger partial charge is 0.239 e. The van der Waals surface area contributed by atoms with E-state index in [-0.39, 0.29) is 0 Å². The third kappa shape index (κ3) is 9.56. The highest BCUT2D eigenvalue weighted by molar-refractivity contribution is 6.00. The van der Waals surface area contributed by atoms with Gasteiger partial charge in [0.2, 0.25) is 16.7 Å². The molecule has 0 spiro atoms. The molecule has 0 amide bonds. The van der Waals surface area contributed by atoms with E-state index in [1.54, 1.807) is 0 Å². The van der Waals surface area contributed by atoms with Crippen molar-refractivity contribution >= 4 is 73.3 Å². The van der Waals surface area contributed by atoms with Crippen LogP contribution < -0.4 is 42.6 Å². The predicted molar refractivity (Wildman–Crippen MR) is 255 cm³/mol. The Balaban J connectivity index is 0.884. The number of nitrogen functional groups attached to an aromatic ring is 2. The molecule has 6 aromatic rings. The van der Waals surface area contributed by atoms with Gasteiger partial charge in [0.15, 0.2) is 11.4 Å². The second kappa shape index (κ2) is 19.1. The lowest BCUT2D eigenvalue weighted by Gasteiger charge is -2.17. The lowest BCUT2D eigenvalue weighted by Crippen LogP contribution is -2.71. The summed E-state index contributed by atoms with van der Waals surface area (Å²) in [5.74, 6) is 0. The number of nitrogens with zero attached hydrogens (tertiary/aromatic N) is 3. The van der Waals surface area contributed by atoms with Crippen LogP contribution in [0.2, 0.25) is 0 Å². The van der Waals surface area contributed by atoms with Crippen LogP contribution in [0, 0.1) is 20.8 Å². The molecule has 7 rings (SSSR count). The van der Waals surface area contributed by atoms with Crippen molar-refractivity contribution in [2.24, 2.45) is 4.99 Å². The number of nitrogens with two attached hydrogens (primary N) is 3. The van der Waals surface area contributed by atoms with E-state index in [9.17, 15) is 0 Å². The lowest BCUT2D eigenvalue weighted by molar-refractivity contribution is -0.537. The van der Waals surface area contributed by atoms with E-state index in [0.29, 0.717) is 0 Å². The SMILES string of the molecule is CNc1cc([NH2+]c2ccccc2N)c(N=C2C=C(C)C(NCCCCCCCCNc3cc4c(cc3C)nc3cc(C)c(NC)cc3[n+]4-c3ccccc3N)=CC2)cc1C. The van der Waals surface area contributed by atoms with E-state index in [2.05, 4.69) is 113 Å². The van der Waals surface area contributed by atoms with Crippen molar-refractivity contribution in [1.82, 2.24) is 10.3 Å². The Bertz CT molecular complexity index is 2600. The highest BCUT2D eigenvalue weighted by Gasteiger charge is 2.24. The summed E-state index contributed by atoms with van der Waals surface area (Å²) in [6.07, 6.45) is 12.5. The van der Waals surface area contributed by atoms with E-state index in [1.165, 1.54) is 42.5 Å². The van der Waals surface area contributed by atoms with Crippen molar-refractivity contribution in [3.05, 3.63) is 125 Å². The summed E-state index contributed by atoms with van der Waals surface area (Å²) in [6, 6.07) is 29.1. The summed E-state index contributed by atoms with van der Waals surface area (Å²) in [4.78, 5) is 10.3. The Morgan fingerprint density at radius 2 is 1.23 bits per heavy atom. The Kier molecular flexibility index (Phi) is 13.3. The second-order valence-electron chi connectivity index (χ2n) is 16.0. The normalized spacial score (nSPS) is 13.4. The minimum absolute atomic E-state index is 0.730. The van der Waals surface area contributed by atoms with Crippen molar-refractivity contribution in [2.75, 3.05) is 54.6 Å². The van der Waals surface area contributed by atoms with Gasteiger partial charge in [-0.1, -0.05) is 56.0 Å². The van der Waals surface area contributed by atoms with Gasteiger partial charge in [0.1, 0.15) is 22.4 Å². The number of fused-ring (bicyclic) bond motifs is 2. The Morgan fingerprint density at radius 1 is 0.650 bits per heavy atom. The fourth-order valence-electron chi connectivity index (χ4n) is 8.17. The highest BCUT2D eigenvalue weighted by atomic mass is 15.0. The second-order valence-corrected chi connectivity index (χ2v) is 16.0. The van der Waals surface area contributed by atoms with Crippen molar-refractivity contribution < 1.29 is 9.88 Å². The van der Waals surface area contributed by atoms with Crippen molar-refractivity contribution in [3.8, 4) is 5.69 Å². The van der Waals surface area contributed by atoms with Crippen LogP contribution in [0.3, 0.4) is 0 Å². The fourth-order valence-corrected chi connectivity index (χ4v) is 8.17. The summed E-state index contributed by atoms with van der Waals surface area (Å²) < 4.78 is 2.26. The van der Waals surface area contributed by atoms with Crippen LogP contribution in [-0.4, -0.2) is 37.9 Å². The summed E-state index contributed by atoms with van der Waals surface area (Å²) in [5, 5.41) is 16.2. The molecule has 0 saturated heterocycles. The summed E-state index contributed by atoms with van der Waals surface area (Å²) >= 11 is 0. The number of anilines is 5. The first kappa shape index (κ1) is 41.8. The van der Waals surface area contributed by atoms with Crippen LogP contribution in [0.25, 0.3) is 27.8 Å². The molecule has 5 aromatic carbocycles. The topological polar surface area (TPSA) is 146 Å². The molecule has 60 heavy (non-hydrogen) atoms. The van der Waals surface area contributed by atoms with Gasteiger partial charge in [-0.15, -0.1) is 4.57 Å². The van der Waals surface area contributed by atoms with Gasteiger partial charge in [0, 0.05) is 92.4 Å². The molecule has 1 aromatic heterocycles. The van der Waals surface area contributed by atoms with Gasteiger partial charge in [-0.05, 0) is 99.2 Å². The number of allylic oxidation sites excluding steroid dienone is 3. The van der Waals surface area contributed by atoms with E-state index >= 15 is 0 Å². The number of aryl methyl sites for hydroxylation is 3. The Labute approximate surface area is 355 Å². The first-order valence-electron chi connectivity index (χ1n) is 21.4. The molecule has 1 aliphatic rings. The van der Waals surface area contributed by atoms with Gasteiger partial charge in [-0.2, -0.15) is 0 Å². The number of hydrogen-bond donors (Lipinski definition) is 7. The monoisotopic (exact) mass is 803 g/mol. The molecule has 10 N–H and O–H groups in total. The van der Waals surface area contributed by atoms with Gasteiger partial charge in [0.05, 0.1) is 5.69 Å². The van der Waals surface area contributed by atoms with E-state index in [4.69, 9.17) is 21.4 Å².